The molecule has 0 saturated carbocycles. The largest absolute Gasteiger partial charge is 0.494 e. The summed E-state index contributed by atoms with van der Waals surface area (Å²) in [5.41, 5.74) is 4.33. The highest BCUT2D eigenvalue weighted by molar-refractivity contribution is 9.10. The fourth-order valence-corrected chi connectivity index (χ4v) is 3.48. The van der Waals surface area contributed by atoms with Gasteiger partial charge in [0.05, 0.1) is 28.9 Å². The van der Waals surface area contributed by atoms with Gasteiger partial charge >= 0.3 is 0 Å². The molecule has 2 aromatic heterocycles. The molecule has 4 rings (SSSR count). The lowest BCUT2D eigenvalue weighted by Gasteiger charge is -1.94. The van der Waals surface area contributed by atoms with Gasteiger partial charge in [-0.2, -0.15) is 0 Å². The minimum Gasteiger partial charge on any atom is -0.494 e. The van der Waals surface area contributed by atoms with Crippen molar-refractivity contribution in [2.24, 2.45) is 4.99 Å². The zero-order valence-electron chi connectivity index (χ0n) is 14.3. The van der Waals surface area contributed by atoms with Crippen LogP contribution in [0.5, 0.6) is 5.75 Å². The summed E-state index contributed by atoms with van der Waals surface area (Å²) < 4.78 is 6.60. The smallest absolute Gasteiger partial charge is 0.144 e. The minimum absolute atomic E-state index is 0.801. The van der Waals surface area contributed by atoms with Crippen LogP contribution < -0.4 is 26.0 Å². The van der Waals surface area contributed by atoms with Crippen molar-refractivity contribution < 1.29 is 4.74 Å². The van der Waals surface area contributed by atoms with E-state index >= 15 is 0 Å². The predicted molar refractivity (Wildman–Crippen MR) is 103 cm³/mol. The van der Waals surface area contributed by atoms with Crippen LogP contribution in [0.15, 0.2) is 39.8 Å². The molecule has 0 amide bonds. The fraction of sp³-hybridized carbons (Fsp3) is 0.150. The van der Waals surface area contributed by atoms with Crippen molar-refractivity contribution in [3.05, 3.63) is 73.0 Å². The summed E-state index contributed by atoms with van der Waals surface area (Å²) in [4.78, 5) is 11.5. The molecule has 25 heavy (non-hydrogen) atoms. The van der Waals surface area contributed by atoms with Gasteiger partial charge in [0.2, 0.25) is 0 Å². The summed E-state index contributed by atoms with van der Waals surface area (Å²) in [5, 5.41) is 3.96. The Labute approximate surface area is 153 Å². The highest BCUT2D eigenvalue weighted by atomic mass is 79.9. The molecule has 0 aliphatic carbocycles. The second-order valence-electron chi connectivity index (χ2n) is 6.20. The Balaban J connectivity index is 1.92. The molecule has 2 N–H and O–H groups in total. The van der Waals surface area contributed by atoms with Gasteiger partial charge in [0.25, 0.3) is 0 Å². The van der Waals surface area contributed by atoms with Gasteiger partial charge in [0, 0.05) is 27.1 Å². The first kappa shape index (κ1) is 16.0. The number of rotatable bonds is 2. The highest BCUT2D eigenvalue weighted by Gasteiger charge is 2.07. The number of aromatic amines is 2. The van der Waals surface area contributed by atoms with Crippen molar-refractivity contribution in [1.29, 1.82) is 0 Å². The van der Waals surface area contributed by atoms with Crippen LogP contribution in [0.1, 0.15) is 17.0 Å². The van der Waals surface area contributed by atoms with Gasteiger partial charge in [-0.15, -0.1) is 0 Å². The molecular formula is C20H18BrN3O. The van der Waals surface area contributed by atoms with E-state index in [0.717, 1.165) is 48.6 Å². The van der Waals surface area contributed by atoms with E-state index in [-0.39, 0.29) is 0 Å². The van der Waals surface area contributed by atoms with Crippen molar-refractivity contribution >= 4 is 33.8 Å². The van der Waals surface area contributed by atoms with E-state index in [1.165, 1.54) is 5.56 Å². The number of nitrogens with zero attached hydrogens (tertiary/aromatic N) is 1. The molecule has 0 bridgehead atoms. The third-order valence-electron chi connectivity index (χ3n) is 4.31. The first-order valence-electron chi connectivity index (χ1n) is 8.05. The number of aromatic nitrogens is 2. The SMILES string of the molecule is COc1c/c(=C2/C=c3cc(Br)ccc3=N2)[nH]c1=Cc1[nH]c(C)cc1C. The lowest BCUT2D eigenvalue weighted by atomic mass is 10.2. The Kier molecular flexibility index (Phi) is 3.88. The van der Waals surface area contributed by atoms with E-state index in [2.05, 4.69) is 64.0 Å². The number of aryl methyl sites for hydroxylation is 2. The minimum atomic E-state index is 0.801. The molecule has 1 aliphatic heterocycles. The summed E-state index contributed by atoms with van der Waals surface area (Å²) in [6.07, 6.45) is 4.16. The number of benzene rings is 1. The van der Waals surface area contributed by atoms with Crippen LogP contribution in [0.25, 0.3) is 17.8 Å². The standard InChI is InChI=1S/C20H18BrN3O/c1-11-6-12(2)22-16(11)9-19-20(25-3)10-18(24-19)17-8-13-7-14(21)4-5-15(13)23-17/h4-10,22,24H,1-3H3/b18-17+,19-9?. The van der Waals surface area contributed by atoms with Crippen LogP contribution in [0, 0.1) is 13.8 Å². The Hall–Kier alpha value is -2.53. The van der Waals surface area contributed by atoms with E-state index in [1.807, 2.05) is 18.2 Å². The maximum Gasteiger partial charge on any atom is 0.144 e. The molecule has 0 fully saturated rings. The van der Waals surface area contributed by atoms with E-state index in [0.29, 0.717) is 0 Å². The second kappa shape index (κ2) is 6.08. The summed E-state index contributed by atoms with van der Waals surface area (Å²) in [6.45, 7) is 4.15. The lowest BCUT2D eigenvalue weighted by molar-refractivity contribution is 0.412. The molecule has 1 aromatic carbocycles. The molecular weight excluding hydrogens is 378 g/mol. The predicted octanol–water partition coefficient (Wildman–Crippen LogP) is 1.78. The molecule has 0 unspecified atom stereocenters. The monoisotopic (exact) mass is 395 g/mol. The zero-order chi connectivity index (χ0) is 17.6. The van der Waals surface area contributed by atoms with Crippen LogP contribution in [0.4, 0.5) is 0 Å². The van der Waals surface area contributed by atoms with Crippen molar-refractivity contribution in [3.8, 4) is 5.75 Å². The van der Waals surface area contributed by atoms with Crippen molar-refractivity contribution in [1.82, 2.24) is 9.97 Å². The summed E-state index contributed by atoms with van der Waals surface area (Å²) in [7, 11) is 1.68. The summed E-state index contributed by atoms with van der Waals surface area (Å²) in [6, 6.07) is 10.2. The zero-order valence-corrected chi connectivity index (χ0v) is 15.9. The summed E-state index contributed by atoms with van der Waals surface area (Å²) >= 11 is 3.51. The molecule has 1 aliphatic rings. The highest BCUT2D eigenvalue weighted by Crippen LogP contribution is 2.11. The molecule has 0 spiro atoms. The van der Waals surface area contributed by atoms with Gasteiger partial charge in [0.15, 0.2) is 0 Å². The van der Waals surface area contributed by atoms with Gasteiger partial charge in [-0.25, -0.2) is 4.99 Å². The maximum atomic E-state index is 5.55. The number of nitrogens with one attached hydrogen (secondary N) is 2. The van der Waals surface area contributed by atoms with Gasteiger partial charge < -0.3 is 14.7 Å². The van der Waals surface area contributed by atoms with Crippen LogP contribution in [-0.4, -0.2) is 17.1 Å². The number of hydrogen-bond acceptors (Lipinski definition) is 2. The quantitative estimate of drug-likeness (QED) is 0.682. The number of methoxy groups -OCH3 is 1. The number of ether oxygens (including phenoxy) is 1. The first-order chi connectivity index (χ1) is 12.0. The van der Waals surface area contributed by atoms with E-state index in [9.17, 15) is 0 Å². The third kappa shape index (κ3) is 2.96. The molecule has 0 saturated heterocycles. The Bertz CT molecular complexity index is 1210. The Morgan fingerprint density at radius 1 is 1.12 bits per heavy atom. The molecule has 0 radical (unpaired) electrons. The van der Waals surface area contributed by atoms with Crippen molar-refractivity contribution in [2.45, 2.75) is 13.8 Å². The number of hydrogen-bond donors (Lipinski definition) is 2. The molecule has 4 nitrogen and oxygen atoms in total. The molecule has 0 atom stereocenters. The van der Waals surface area contributed by atoms with E-state index in [1.54, 1.807) is 7.11 Å². The van der Waals surface area contributed by atoms with Crippen molar-refractivity contribution in [3.63, 3.8) is 0 Å². The first-order valence-corrected chi connectivity index (χ1v) is 8.84. The van der Waals surface area contributed by atoms with Crippen LogP contribution in [0.2, 0.25) is 0 Å². The third-order valence-corrected chi connectivity index (χ3v) is 4.80. The normalized spacial score (nSPS) is 15.8. The van der Waals surface area contributed by atoms with Crippen molar-refractivity contribution in [2.75, 3.05) is 7.11 Å². The second-order valence-corrected chi connectivity index (χ2v) is 7.12. The molecule has 5 heteroatoms. The van der Waals surface area contributed by atoms with Gasteiger partial charge in [0.1, 0.15) is 5.75 Å². The van der Waals surface area contributed by atoms with Crippen LogP contribution in [-0.2, 0) is 0 Å². The number of H-pyrrole nitrogens is 2. The van der Waals surface area contributed by atoms with Gasteiger partial charge in [-0.1, -0.05) is 15.9 Å². The summed E-state index contributed by atoms with van der Waals surface area (Å²) in [5.74, 6) is 0.801. The number of halogens is 1. The topological polar surface area (TPSA) is 53.2 Å². The molecule has 3 aromatic rings. The average molecular weight is 396 g/mol. The average Bonchev–Trinajstić information content (AvgIpc) is 3.24. The van der Waals surface area contributed by atoms with Crippen LogP contribution in [0.3, 0.4) is 0 Å². The van der Waals surface area contributed by atoms with E-state index in [4.69, 9.17) is 9.73 Å². The number of fused-ring (bicyclic) bond motifs is 1. The fourth-order valence-electron chi connectivity index (χ4n) is 3.10. The van der Waals surface area contributed by atoms with Gasteiger partial charge in [-0.05, 0) is 55.8 Å². The maximum absolute atomic E-state index is 5.55. The van der Waals surface area contributed by atoms with Crippen LogP contribution >= 0.6 is 15.9 Å². The molecule has 3 heterocycles. The lowest BCUT2D eigenvalue weighted by Crippen LogP contribution is -2.20. The Morgan fingerprint density at radius 3 is 2.68 bits per heavy atom. The Morgan fingerprint density at radius 2 is 1.96 bits per heavy atom. The van der Waals surface area contributed by atoms with Gasteiger partial charge in [-0.3, -0.25) is 0 Å². The molecule has 126 valence electrons. The van der Waals surface area contributed by atoms with E-state index < -0.39 is 0 Å².